The first-order valence-electron chi connectivity index (χ1n) is 6.94. The van der Waals surface area contributed by atoms with E-state index in [2.05, 4.69) is 5.32 Å². The van der Waals surface area contributed by atoms with E-state index in [1.165, 1.54) is 6.92 Å². The van der Waals surface area contributed by atoms with Crippen LogP contribution in [0.3, 0.4) is 0 Å². The van der Waals surface area contributed by atoms with E-state index in [1.54, 1.807) is 31.2 Å². The van der Waals surface area contributed by atoms with Crippen LogP contribution in [0, 0.1) is 17.2 Å². The predicted octanol–water partition coefficient (Wildman–Crippen LogP) is 1.56. The van der Waals surface area contributed by atoms with E-state index in [4.69, 9.17) is 4.74 Å². The maximum atomic E-state index is 12.6. The van der Waals surface area contributed by atoms with Crippen molar-refractivity contribution < 1.29 is 19.1 Å². The number of anilines is 1. The van der Waals surface area contributed by atoms with Crippen LogP contribution in [0.5, 0.6) is 0 Å². The van der Waals surface area contributed by atoms with Gasteiger partial charge in [-0.05, 0) is 25.5 Å². The molecule has 1 heterocycles. The van der Waals surface area contributed by atoms with Crippen LogP contribution in [0.4, 0.5) is 5.69 Å². The smallest absolute Gasteiger partial charge is 0.324 e. The zero-order chi connectivity index (χ0) is 16.3. The molecular formula is C16H16N2O4. The molecule has 2 rings (SSSR count). The normalized spacial score (nSPS) is 20.5. The first-order chi connectivity index (χ1) is 10.5. The van der Waals surface area contributed by atoms with Gasteiger partial charge in [-0.25, -0.2) is 0 Å². The molecule has 114 valence electrons. The Kier molecular flexibility index (Phi) is 4.27. The van der Waals surface area contributed by atoms with E-state index in [9.17, 15) is 19.6 Å². The second-order valence-corrected chi connectivity index (χ2v) is 5.16. The van der Waals surface area contributed by atoms with Crippen LogP contribution in [-0.2, 0) is 24.5 Å². The standard InChI is InChI=1S/C16H16N2O4/c1-3-22-14(20)12(9-17)16(8-10(2)19)11-6-4-5-7-13(11)18-15(16)21/h4-7,12H,3,8H2,1-2H3,(H,18,21)/t12-,16+/m1/s1. The molecule has 1 aliphatic rings. The summed E-state index contributed by atoms with van der Waals surface area (Å²) in [5.41, 5.74) is -0.545. The first-order valence-corrected chi connectivity index (χ1v) is 6.94. The predicted molar refractivity (Wildman–Crippen MR) is 77.8 cm³/mol. The van der Waals surface area contributed by atoms with Crippen molar-refractivity contribution in [3.05, 3.63) is 29.8 Å². The Morgan fingerprint density at radius 1 is 1.41 bits per heavy atom. The highest BCUT2D eigenvalue weighted by Gasteiger charge is 2.56. The summed E-state index contributed by atoms with van der Waals surface area (Å²) in [6, 6.07) is 8.62. The molecule has 0 bridgehead atoms. The number of hydrogen-bond acceptors (Lipinski definition) is 5. The van der Waals surface area contributed by atoms with Gasteiger partial charge in [0.1, 0.15) is 11.2 Å². The molecular weight excluding hydrogens is 284 g/mol. The number of nitriles is 1. The molecule has 0 unspecified atom stereocenters. The monoisotopic (exact) mass is 300 g/mol. The van der Waals surface area contributed by atoms with Crippen LogP contribution in [0.25, 0.3) is 0 Å². The number of amides is 1. The van der Waals surface area contributed by atoms with E-state index >= 15 is 0 Å². The minimum Gasteiger partial charge on any atom is -0.465 e. The third kappa shape index (κ3) is 2.35. The van der Waals surface area contributed by atoms with Crippen molar-refractivity contribution in [2.45, 2.75) is 25.7 Å². The van der Waals surface area contributed by atoms with Crippen LogP contribution < -0.4 is 5.32 Å². The van der Waals surface area contributed by atoms with Gasteiger partial charge in [-0.15, -0.1) is 0 Å². The van der Waals surface area contributed by atoms with Crippen LogP contribution in [0.1, 0.15) is 25.8 Å². The average molecular weight is 300 g/mol. The second-order valence-electron chi connectivity index (χ2n) is 5.16. The lowest BCUT2D eigenvalue weighted by Crippen LogP contribution is -2.46. The van der Waals surface area contributed by atoms with Crippen LogP contribution >= 0.6 is 0 Å². The molecule has 0 spiro atoms. The van der Waals surface area contributed by atoms with Gasteiger partial charge in [0, 0.05) is 12.1 Å². The summed E-state index contributed by atoms with van der Waals surface area (Å²) in [7, 11) is 0. The summed E-state index contributed by atoms with van der Waals surface area (Å²) in [5.74, 6) is -2.97. The number of nitrogens with zero attached hydrogens (tertiary/aromatic N) is 1. The average Bonchev–Trinajstić information content (AvgIpc) is 2.73. The Labute approximate surface area is 128 Å². The molecule has 1 aliphatic heterocycles. The third-order valence-electron chi connectivity index (χ3n) is 3.73. The zero-order valence-electron chi connectivity index (χ0n) is 12.4. The second kappa shape index (κ2) is 5.98. The molecule has 0 saturated heterocycles. The highest BCUT2D eigenvalue weighted by molar-refractivity contribution is 6.11. The molecule has 22 heavy (non-hydrogen) atoms. The van der Waals surface area contributed by atoms with Crippen LogP contribution in [-0.4, -0.2) is 24.3 Å². The Morgan fingerprint density at radius 3 is 2.68 bits per heavy atom. The maximum absolute atomic E-state index is 12.6. The van der Waals surface area contributed by atoms with Crippen molar-refractivity contribution in [1.29, 1.82) is 5.26 Å². The van der Waals surface area contributed by atoms with Gasteiger partial charge in [0.05, 0.1) is 12.7 Å². The number of carbonyl (C=O) groups excluding carboxylic acids is 3. The summed E-state index contributed by atoms with van der Waals surface area (Å²) in [6.45, 7) is 3.04. The molecule has 1 N–H and O–H groups in total. The number of benzene rings is 1. The number of rotatable bonds is 5. The summed E-state index contributed by atoms with van der Waals surface area (Å²) in [4.78, 5) is 36.5. The third-order valence-corrected chi connectivity index (χ3v) is 3.73. The quantitative estimate of drug-likeness (QED) is 0.832. The van der Waals surface area contributed by atoms with E-state index in [1.807, 2.05) is 6.07 Å². The number of carbonyl (C=O) groups is 3. The summed E-state index contributed by atoms with van der Waals surface area (Å²) >= 11 is 0. The van der Waals surface area contributed by atoms with Crippen molar-refractivity contribution in [1.82, 2.24) is 0 Å². The molecule has 0 saturated carbocycles. The lowest BCUT2D eigenvalue weighted by atomic mass is 9.68. The Balaban J connectivity index is 2.63. The van der Waals surface area contributed by atoms with Gasteiger partial charge in [0.2, 0.25) is 5.91 Å². The van der Waals surface area contributed by atoms with Gasteiger partial charge < -0.3 is 10.1 Å². The Bertz CT molecular complexity index is 677. The zero-order valence-corrected chi connectivity index (χ0v) is 12.4. The minimum atomic E-state index is -1.54. The van der Waals surface area contributed by atoms with Crippen molar-refractivity contribution in [2.75, 3.05) is 11.9 Å². The van der Waals surface area contributed by atoms with Crippen LogP contribution in [0.2, 0.25) is 0 Å². The topological polar surface area (TPSA) is 96.3 Å². The molecule has 0 aromatic heterocycles. The number of hydrogen-bond donors (Lipinski definition) is 1. The molecule has 0 fully saturated rings. The first kappa shape index (κ1) is 15.7. The van der Waals surface area contributed by atoms with Gasteiger partial charge in [-0.2, -0.15) is 5.26 Å². The fourth-order valence-corrected chi connectivity index (χ4v) is 2.88. The van der Waals surface area contributed by atoms with Crippen molar-refractivity contribution >= 4 is 23.3 Å². The van der Waals surface area contributed by atoms with Crippen molar-refractivity contribution in [2.24, 2.45) is 5.92 Å². The molecule has 6 nitrogen and oxygen atoms in total. The molecule has 1 aromatic rings. The molecule has 0 aliphatic carbocycles. The molecule has 1 amide bonds. The van der Waals surface area contributed by atoms with Crippen molar-refractivity contribution in [3.63, 3.8) is 0 Å². The van der Waals surface area contributed by atoms with Crippen LogP contribution in [0.15, 0.2) is 24.3 Å². The lowest BCUT2D eigenvalue weighted by Gasteiger charge is -2.29. The van der Waals surface area contributed by atoms with Crippen molar-refractivity contribution in [3.8, 4) is 6.07 Å². The molecule has 2 atom stereocenters. The summed E-state index contributed by atoms with van der Waals surface area (Å²) < 4.78 is 4.92. The number of fused-ring (bicyclic) bond motifs is 1. The minimum absolute atomic E-state index is 0.0937. The molecule has 1 aromatic carbocycles. The largest absolute Gasteiger partial charge is 0.465 e. The number of para-hydroxylation sites is 1. The number of esters is 1. The fraction of sp³-hybridized carbons (Fsp3) is 0.375. The maximum Gasteiger partial charge on any atom is 0.324 e. The number of Topliss-reactive ketones (excluding diaryl/α,β-unsaturated/α-hetero) is 1. The van der Waals surface area contributed by atoms with Gasteiger partial charge in [0.25, 0.3) is 0 Å². The van der Waals surface area contributed by atoms with Gasteiger partial charge in [0.15, 0.2) is 5.92 Å². The molecule has 6 heteroatoms. The number of nitrogens with one attached hydrogen (secondary N) is 1. The van der Waals surface area contributed by atoms with Gasteiger partial charge in [-0.3, -0.25) is 14.4 Å². The number of ether oxygens (including phenoxy) is 1. The summed E-state index contributed by atoms with van der Waals surface area (Å²) in [6.07, 6.45) is -0.229. The lowest BCUT2D eigenvalue weighted by molar-refractivity contribution is -0.150. The van der Waals surface area contributed by atoms with Gasteiger partial charge >= 0.3 is 5.97 Å². The van der Waals surface area contributed by atoms with Gasteiger partial charge in [-0.1, -0.05) is 18.2 Å². The van der Waals surface area contributed by atoms with E-state index in [0.29, 0.717) is 11.3 Å². The van der Waals surface area contributed by atoms with E-state index in [-0.39, 0.29) is 18.8 Å². The number of ketones is 1. The highest BCUT2D eigenvalue weighted by Crippen LogP contribution is 2.46. The van der Waals surface area contributed by atoms with E-state index < -0.39 is 23.2 Å². The SMILES string of the molecule is CCOC(=O)[C@@H](C#N)[C@@]1(CC(C)=O)C(=O)Nc2ccccc21. The fourth-order valence-electron chi connectivity index (χ4n) is 2.88. The van der Waals surface area contributed by atoms with E-state index in [0.717, 1.165) is 0 Å². The Hall–Kier alpha value is -2.68. The summed E-state index contributed by atoms with van der Waals surface area (Å²) in [5, 5.41) is 12.1. The highest BCUT2D eigenvalue weighted by atomic mass is 16.5. The molecule has 0 radical (unpaired) electrons. The Morgan fingerprint density at radius 2 is 2.09 bits per heavy atom.